The molecule has 0 bridgehead atoms. The minimum absolute atomic E-state index is 0.234. The summed E-state index contributed by atoms with van der Waals surface area (Å²) in [5.74, 6) is -0.359. The summed E-state index contributed by atoms with van der Waals surface area (Å²) in [4.78, 5) is 39.4. The average molecular weight is 551 g/mol. The number of rotatable bonds is 7. The number of aryl methyl sites for hydroxylation is 2. The van der Waals surface area contributed by atoms with E-state index in [0.717, 1.165) is 37.8 Å². The third kappa shape index (κ3) is 6.01. The van der Waals surface area contributed by atoms with E-state index >= 15 is 0 Å². The van der Waals surface area contributed by atoms with Crippen molar-refractivity contribution >= 4 is 56.5 Å². The van der Waals surface area contributed by atoms with E-state index in [1.807, 2.05) is 74.5 Å². The molecule has 4 rings (SSSR count). The second kappa shape index (κ2) is 10.9. The molecule has 178 valence electrons. The van der Waals surface area contributed by atoms with E-state index in [2.05, 4.69) is 21.2 Å². The maximum Gasteiger partial charge on any atom is 0.294 e. The summed E-state index contributed by atoms with van der Waals surface area (Å²) < 4.78 is 6.79. The number of hydrogen-bond acceptors (Lipinski definition) is 5. The highest BCUT2D eigenvalue weighted by molar-refractivity contribution is 9.10. The Morgan fingerprint density at radius 3 is 2.46 bits per heavy atom. The van der Waals surface area contributed by atoms with Gasteiger partial charge in [-0.05, 0) is 66.6 Å². The molecule has 3 aromatic rings. The van der Waals surface area contributed by atoms with Crippen molar-refractivity contribution in [2.75, 3.05) is 11.9 Å². The molecule has 0 saturated carbocycles. The van der Waals surface area contributed by atoms with Gasteiger partial charge in [-0.2, -0.15) is 0 Å². The minimum Gasteiger partial charge on any atom is -0.488 e. The molecule has 0 unspecified atom stereocenters. The molecule has 1 aliphatic rings. The topological polar surface area (TPSA) is 75.7 Å². The van der Waals surface area contributed by atoms with Gasteiger partial charge in [0.2, 0.25) is 5.91 Å². The fraction of sp³-hybridized carbons (Fsp3) is 0.148. The lowest BCUT2D eigenvalue weighted by molar-refractivity contribution is -0.127. The summed E-state index contributed by atoms with van der Waals surface area (Å²) in [6.07, 6.45) is 1.62. The Morgan fingerprint density at radius 1 is 1.03 bits per heavy atom. The number of anilines is 1. The molecule has 1 fully saturated rings. The second-order valence-corrected chi connectivity index (χ2v) is 9.95. The Kier molecular flexibility index (Phi) is 7.73. The van der Waals surface area contributed by atoms with Crippen LogP contribution in [0, 0.1) is 13.8 Å². The highest BCUT2D eigenvalue weighted by atomic mass is 79.9. The van der Waals surface area contributed by atoms with Gasteiger partial charge in [0.1, 0.15) is 18.9 Å². The van der Waals surface area contributed by atoms with Crippen molar-refractivity contribution in [3.63, 3.8) is 0 Å². The molecule has 1 aliphatic heterocycles. The number of nitrogens with one attached hydrogen (secondary N) is 1. The van der Waals surface area contributed by atoms with Crippen LogP contribution in [0.3, 0.4) is 0 Å². The summed E-state index contributed by atoms with van der Waals surface area (Å²) in [5, 5.41) is 2.33. The lowest BCUT2D eigenvalue weighted by Gasteiger charge is -2.15. The number of nitrogens with zero attached hydrogens (tertiary/aromatic N) is 1. The molecule has 1 saturated heterocycles. The fourth-order valence-electron chi connectivity index (χ4n) is 3.61. The van der Waals surface area contributed by atoms with Gasteiger partial charge < -0.3 is 10.1 Å². The molecule has 6 nitrogen and oxygen atoms in total. The fourth-order valence-corrected chi connectivity index (χ4v) is 4.82. The third-order valence-electron chi connectivity index (χ3n) is 5.42. The molecule has 0 atom stereocenters. The average Bonchev–Trinajstić information content (AvgIpc) is 3.09. The van der Waals surface area contributed by atoms with Crippen LogP contribution in [0.25, 0.3) is 6.08 Å². The molecule has 1 N–H and O–H groups in total. The molecule has 3 aromatic carbocycles. The number of carbonyl (C=O) groups is 3. The van der Waals surface area contributed by atoms with Gasteiger partial charge in [0, 0.05) is 15.7 Å². The number of ether oxygens (including phenoxy) is 1. The van der Waals surface area contributed by atoms with Crippen LogP contribution in [-0.4, -0.2) is 28.5 Å². The van der Waals surface area contributed by atoms with Gasteiger partial charge >= 0.3 is 0 Å². The number of imide groups is 1. The number of benzene rings is 3. The largest absolute Gasteiger partial charge is 0.488 e. The zero-order chi connectivity index (χ0) is 24.9. The lowest BCUT2D eigenvalue weighted by Crippen LogP contribution is -2.36. The van der Waals surface area contributed by atoms with Crippen LogP contribution < -0.4 is 10.1 Å². The number of thioether (sulfide) groups is 1. The summed E-state index contributed by atoms with van der Waals surface area (Å²) >= 11 is 4.26. The van der Waals surface area contributed by atoms with E-state index < -0.39 is 17.1 Å². The maximum absolute atomic E-state index is 13.0. The van der Waals surface area contributed by atoms with E-state index in [-0.39, 0.29) is 11.4 Å². The van der Waals surface area contributed by atoms with Crippen molar-refractivity contribution in [3.8, 4) is 5.75 Å². The van der Waals surface area contributed by atoms with Crippen molar-refractivity contribution in [3.05, 3.63) is 98.4 Å². The van der Waals surface area contributed by atoms with E-state index in [1.165, 1.54) is 0 Å². The summed E-state index contributed by atoms with van der Waals surface area (Å²) in [7, 11) is 0. The van der Waals surface area contributed by atoms with Crippen LogP contribution in [0.4, 0.5) is 10.5 Å². The quantitative estimate of drug-likeness (QED) is 0.348. The van der Waals surface area contributed by atoms with Gasteiger partial charge in [0.25, 0.3) is 11.1 Å². The maximum atomic E-state index is 13.0. The van der Waals surface area contributed by atoms with Gasteiger partial charge in [0.15, 0.2) is 0 Å². The number of carbonyl (C=O) groups excluding carboxylic acids is 3. The van der Waals surface area contributed by atoms with Crippen molar-refractivity contribution in [1.82, 2.24) is 4.90 Å². The Balaban J connectivity index is 1.49. The molecule has 1 heterocycles. The van der Waals surface area contributed by atoms with E-state index in [9.17, 15) is 14.4 Å². The molecular formula is C27H23BrN2O4S. The van der Waals surface area contributed by atoms with E-state index in [1.54, 1.807) is 12.1 Å². The van der Waals surface area contributed by atoms with Gasteiger partial charge in [-0.25, -0.2) is 0 Å². The van der Waals surface area contributed by atoms with Crippen molar-refractivity contribution < 1.29 is 19.1 Å². The number of para-hydroxylation sites is 1. The van der Waals surface area contributed by atoms with Crippen LogP contribution in [-0.2, 0) is 16.2 Å². The van der Waals surface area contributed by atoms with Gasteiger partial charge in [-0.1, -0.05) is 64.5 Å². The van der Waals surface area contributed by atoms with E-state index in [0.29, 0.717) is 23.6 Å². The van der Waals surface area contributed by atoms with Gasteiger partial charge in [-0.3, -0.25) is 19.3 Å². The number of halogens is 1. The molecule has 8 heteroatoms. The van der Waals surface area contributed by atoms with Crippen LogP contribution in [0.1, 0.15) is 22.3 Å². The lowest BCUT2D eigenvalue weighted by atomic mass is 10.1. The standard InChI is InChI=1S/C27H23BrN2O4S/c1-17-7-6-8-18(2)25(17)29-24(31)15-30-26(32)23(35-27(30)33)14-20-13-21(28)11-12-22(20)34-16-19-9-4-3-5-10-19/h3-14H,15-16H2,1-2H3,(H,29,31)/b23-14-. The molecule has 0 aliphatic carbocycles. The highest BCUT2D eigenvalue weighted by Gasteiger charge is 2.36. The van der Waals surface area contributed by atoms with Crippen molar-refractivity contribution in [2.45, 2.75) is 20.5 Å². The normalized spacial score (nSPS) is 14.5. The molecule has 0 radical (unpaired) electrons. The van der Waals surface area contributed by atoms with Gasteiger partial charge in [0.05, 0.1) is 4.91 Å². The zero-order valence-electron chi connectivity index (χ0n) is 19.2. The van der Waals surface area contributed by atoms with E-state index in [4.69, 9.17) is 4.74 Å². The van der Waals surface area contributed by atoms with Crippen LogP contribution in [0.2, 0.25) is 0 Å². The summed E-state index contributed by atoms with van der Waals surface area (Å²) in [6, 6.07) is 20.9. The number of hydrogen-bond donors (Lipinski definition) is 1. The van der Waals surface area contributed by atoms with Crippen LogP contribution >= 0.6 is 27.7 Å². The molecule has 35 heavy (non-hydrogen) atoms. The molecular weight excluding hydrogens is 528 g/mol. The first-order valence-corrected chi connectivity index (χ1v) is 12.5. The predicted octanol–water partition coefficient (Wildman–Crippen LogP) is 6.32. The Labute approximate surface area is 216 Å². The van der Waals surface area contributed by atoms with Crippen LogP contribution in [0.5, 0.6) is 5.75 Å². The summed E-state index contributed by atoms with van der Waals surface area (Å²) in [6.45, 7) is 3.79. The minimum atomic E-state index is -0.509. The first-order valence-electron chi connectivity index (χ1n) is 10.9. The van der Waals surface area contributed by atoms with Crippen LogP contribution in [0.15, 0.2) is 76.1 Å². The second-order valence-electron chi connectivity index (χ2n) is 8.04. The zero-order valence-corrected chi connectivity index (χ0v) is 21.6. The highest BCUT2D eigenvalue weighted by Crippen LogP contribution is 2.35. The monoisotopic (exact) mass is 550 g/mol. The van der Waals surface area contributed by atoms with Crippen molar-refractivity contribution in [2.24, 2.45) is 0 Å². The Morgan fingerprint density at radius 2 is 1.74 bits per heavy atom. The predicted molar refractivity (Wildman–Crippen MR) is 142 cm³/mol. The SMILES string of the molecule is Cc1cccc(C)c1NC(=O)CN1C(=O)S/C(=C\c2cc(Br)ccc2OCc2ccccc2)C1=O. The molecule has 0 spiro atoms. The Hall–Kier alpha value is -3.36. The van der Waals surface area contributed by atoms with Gasteiger partial charge in [-0.15, -0.1) is 0 Å². The molecule has 3 amide bonds. The summed E-state index contributed by atoms with van der Waals surface area (Å²) in [5.41, 5.74) is 4.17. The first-order chi connectivity index (χ1) is 16.8. The third-order valence-corrected chi connectivity index (χ3v) is 6.82. The number of amides is 3. The molecule has 0 aromatic heterocycles. The Bertz CT molecular complexity index is 1300. The van der Waals surface area contributed by atoms with Crippen molar-refractivity contribution in [1.29, 1.82) is 0 Å². The first kappa shape index (κ1) is 24.8. The smallest absolute Gasteiger partial charge is 0.294 e.